The Morgan fingerprint density at radius 1 is 1.19 bits per heavy atom. The molecule has 2 aliphatic rings. The first-order valence-corrected chi connectivity index (χ1v) is 13.9. The van der Waals surface area contributed by atoms with Crippen LogP contribution < -0.4 is 10.2 Å². The zero-order chi connectivity index (χ0) is 30.7. The average molecular weight is 611 g/mol. The Labute approximate surface area is 249 Å². The molecule has 14 heteroatoms. The minimum absolute atomic E-state index is 0.0860. The summed E-state index contributed by atoms with van der Waals surface area (Å²) in [6.07, 6.45) is 1.13. The minimum Gasteiger partial charge on any atom is -0.318 e. The second kappa shape index (κ2) is 10.7. The highest BCUT2D eigenvalue weighted by Crippen LogP contribution is 2.53. The molecule has 0 spiro atoms. The van der Waals surface area contributed by atoms with Crippen LogP contribution >= 0.6 is 11.6 Å². The molecule has 1 aliphatic carbocycles. The summed E-state index contributed by atoms with van der Waals surface area (Å²) in [4.78, 5) is 35.8. The van der Waals surface area contributed by atoms with E-state index in [1.54, 1.807) is 15.8 Å². The van der Waals surface area contributed by atoms with Gasteiger partial charge in [-0.1, -0.05) is 24.6 Å². The molecule has 1 saturated carbocycles. The van der Waals surface area contributed by atoms with Crippen molar-refractivity contribution in [1.82, 2.24) is 29.9 Å². The number of alkyl halides is 2. The van der Waals surface area contributed by atoms with Crippen LogP contribution in [-0.4, -0.2) is 48.3 Å². The lowest BCUT2D eigenvalue weighted by Crippen LogP contribution is -2.31. The highest BCUT2D eigenvalue weighted by atomic mass is 35.5. The Kier molecular flexibility index (Phi) is 7.15. The van der Waals surface area contributed by atoms with Crippen LogP contribution in [0.2, 0.25) is 5.02 Å². The number of hydrogen-bond acceptors (Lipinski definition) is 7. The molecule has 1 aliphatic heterocycles. The Morgan fingerprint density at radius 3 is 2.63 bits per heavy atom. The largest absolute Gasteiger partial charge is 0.318 e. The molecule has 1 N–H and O–H groups in total. The Balaban J connectivity index is 1.19. The van der Waals surface area contributed by atoms with Gasteiger partial charge < -0.3 is 5.32 Å². The number of carbonyl (C=O) groups excluding carboxylic acids is 2. The highest BCUT2D eigenvalue weighted by Gasteiger charge is 2.59. The lowest BCUT2D eigenvalue weighted by Gasteiger charge is -2.20. The van der Waals surface area contributed by atoms with Gasteiger partial charge in [0.05, 0.1) is 46.2 Å². The van der Waals surface area contributed by atoms with Gasteiger partial charge in [-0.2, -0.15) is 10.2 Å². The van der Waals surface area contributed by atoms with Crippen molar-refractivity contribution in [2.45, 2.75) is 40.2 Å². The monoisotopic (exact) mass is 610 g/mol. The molecule has 1 unspecified atom stereocenters. The Bertz CT molecular complexity index is 1780. The fraction of sp³-hybridized carbons (Fsp3) is 0.345. The molecule has 0 bridgehead atoms. The molecule has 4 atom stereocenters. The van der Waals surface area contributed by atoms with Gasteiger partial charge >= 0.3 is 0 Å². The molecule has 0 radical (unpaired) electrons. The fourth-order valence-electron chi connectivity index (χ4n) is 5.61. The van der Waals surface area contributed by atoms with Crippen molar-refractivity contribution >= 4 is 34.9 Å². The zero-order valence-electron chi connectivity index (χ0n) is 23.5. The van der Waals surface area contributed by atoms with Gasteiger partial charge in [-0.05, 0) is 50.3 Å². The number of carbonyl (C=O) groups is 2. The van der Waals surface area contributed by atoms with E-state index in [0.717, 1.165) is 23.9 Å². The molecule has 1 saturated heterocycles. The first-order valence-electron chi connectivity index (χ1n) is 13.6. The third-order valence-electron chi connectivity index (χ3n) is 8.21. The van der Waals surface area contributed by atoms with Crippen molar-refractivity contribution in [2.24, 2.45) is 17.8 Å². The van der Waals surface area contributed by atoms with Crippen molar-refractivity contribution in [3.63, 3.8) is 0 Å². The van der Waals surface area contributed by atoms with E-state index in [9.17, 15) is 22.8 Å². The standard InChI is InChI=1S/C29H26ClF3N8O2/c1-12-7-20(38-39-27(12)40-11-18-13(2)22(18)29(40)43)15(4)41-10-16(8-35-41)36-28(42)25-14(3)34-9-21(37-25)23-17(26(32)33)5-6-19(30)24(23)31/h5-10,13,15,18,22,26H,11H2,1-4H3,(H,36,42)/t13-,15?,18-,22+/m0/s1. The summed E-state index contributed by atoms with van der Waals surface area (Å²) in [6.45, 7) is 8.01. The van der Waals surface area contributed by atoms with E-state index in [2.05, 4.69) is 37.5 Å². The molecule has 2 amide bonds. The lowest BCUT2D eigenvalue weighted by molar-refractivity contribution is -0.119. The number of aromatic nitrogens is 6. The third kappa shape index (κ3) is 5.01. The van der Waals surface area contributed by atoms with Crippen LogP contribution in [0.5, 0.6) is 0 Å². The van der Waals surface area contributed by atoms with E-state index in [1.807, 2.05) is 19.9 Å². The maximum absolute atomic E-state index is 14.8. The number of amides is 2. The number of aryl methyl sites for hydroxylation is 2. The van der Waals surface area contributed by atoms with E-state index in [4.69, 9.17) is 11.6 Å². The van der Waals surface area contributed by atoms with Gasteiger partial charge in [0.2, 0.25) is 5.91 Å². The van der Waals surface area contributed by atoms with Crippen LogP contribution in [0.25, 0.3) is 11.3 Å². The number of anilines is 2. The number of rotatable bonds is 7. The summed E-state index contributed by atoms with van der Waals surface area (Å²) in [7, 11) is 0. The highest BCUT2D eigenvalue weighted by molar-refractivity contribution is 6.31. The number of halogens is 4. The second-order valence-corrected chi connectivity index (χ2v) is 11.3. The summed E-state index contributed by atoms with van der Waals surface area (Å²) in [6, 6.07) is 3.54. The van der Waals surface area contributed by atoms with Gasteiger partial charge in [0.1, 0.15) is 5.69 Å². The number of nitrogens with one attached hydrogen (secondary N) is 1. The lowest BCUT2D eigenvalue weighted by atomic mass is 10.0. The fourth-order valence-corrected chi connectivity index (χ4v) is 5.77. The van der Waals surface area contributed by atoms with Crippen LogP contribution in [0.4, 0.5) is 24.7 Å². The van der Waals surface area contributed by atoms with E-state index in [0.29, 0.717) is 35.6 Å². The predicted molar refractivity (Wildman–Crippen MR) is 151 cm³/mol. The van der Waals surface area contributed by atoms with Gasteiger partial charge in [-0.3, -0.25) is 24.2 Å². The second-order valence-electron chi connectivity index (χ2n) is 10.9. The average Bonchev–Trinajstić information content (AvgIpc) is 3.25. The SMILES string of the molecule is Cc1cc(C(C)n2cc(NC(=O)c3nc(-c4c(C(F)F)ccc(Cl)c4F)cnc3C)cn2)nnc1N1C[C@H]2[C@H](C)[C@H]2C1=O. The molecular weight excluding hydrogens is 585 g/mol. The summed E-state index contributed by atoms with van der Waals surface area (Å²) in [5, 5.41) is 15.3. The number of nitrogens with zero attached hydrogens (tertiary/aromatic N) is 7. The molecule has 2 fully saturated rings. The number of benzene rings is 1. The van der Waals surface area contributed by atoms with E-state index in [-0.39, 0.29) is 40.0 Å². The van der Waals surface area contributed by atoms with E-state index < -0.39 is 29.3 Å². The minimum atomic E-state index is -3.00. The van der Waals surface area contributed by atoms with Crippen molar-refractivity contribution in [3.8, 4) is 11.3 Å². The molecular formula is C29H26ClF3N8O2. The first kappa shape index (κ1) is 28.7. The molecule has 6 rings (SSSR count). The smallest absolute Gasteiger partial charge is 0.276 e. The van der Waals surface area contributed by atoms with Crippen LogP contribution in [0.1, 0.15) is 59.3 Å². The van der Waals surface area contributed by atoms with E-state index in [1.165, 1.54) is 13.1 Å². The summed E-state index contributed by atoms with van der Waals surface area (Å²) in [5.41, 5.74) is 0.383. The molecule has 43 heavy (non-hydrogen) atoms. The molecule has 222 valence electrons. The first-order chi connectivity index (χ1) is 20.5. The predicted octanol–water partition coefficient (Wildman–Crippen LogP) is 5.57. The maximum atomic E-state index is 14.8. The van der Waals surface area contributed by atoms with Crippen LogP contribution in [-0.2, 0) is 4.79 Å². The van der Waals surface area contributed by atoms with Gasteiger partial charge in [-0.25, -0.2) is 18.2 Å². The molecule has 10 nitrogen and oxygen atoms in total. The van der Waals surface area contributed by atoms with Crippen molar-refractivity contribution in [1.29, 1.82) is 0 Å². The van der Waals surface area contributed by atoms with Crippen LogP contribution in [0.3, 0.4) is 0 Å². The topological polar surface area (TPSA) is 119 Å². The Hall–Kier alpha value is -4.39. The molecule has 4 aromatic rings. The summed E-state index contributed by atoms with van der Waals surface area (Å²) < 4.78 is 43.6. The molecule has 1 aromatic carbocycles. The zero-order valence-corrected chi connectivity index (χ0v) is 24.3. The number of piperidine rings is 1. The van der Waals surface area contributed by atoms with Gasteiger partial charge in [0, 0.05) is 29.8 Å². The Morgan fingerprint density at radius 2 is 1.95 bits per heavy atom. The third-order valence-corrected chi connectivity index (χ3v) is 8.50. The van der Waals surface area contributed by atoms with Crippen LogP contribution in [0, 0.1) is 37.4 Å². The van der Waals surface area contributed by atoms with Crippen molar-refractivity contribution in [2.75, 3.05) is 16.8 Å². The van der Waals surface area contributed by atoms with Gasteiger partial charge in [0.15, 0.2) is 11.6 Å². The summed E-state index contributed by atoms with van der Waals surface area (Å²) in [5.74, 6) is -0.216. The summed E-state index contributed by atoms with van der Waals surface area (Å²) >= 11 is 5.84. The maximum Gasteiger partial charge on any atom is 0.276 e. The molecule has 3 aromatic heterocycles. The number of hydrogen-bond donors (Lipinski definition) is 1. The van der Waals surface area contributed by atoms with Gasteiger partial charge in [0.25, 0.3) is 12.3 Å². The van der Waals surface area contributed by atoms with E-state index >= 15 is 0 Å². The normalized spacial score (nSPS) is 20.0. The van der Waals surface area contributed by atoms with Crippen LogP contribution in [0.15, 0.2) is 36.8 Å². The molecule has 4 heterocycles. The quantitative estimate of drug-likeness (QED) is 0.291. The number of fused-ring (bicyclic) bond motifs is 1. The van der Waals surface area contributed by atoms with Crippen molar-refractivity contribution < 1.29 is 22.8 Å². The van der Waals surface area contributed by atoms with Crippen molar-refractivity contribution in [3.05, 3.63) is 75.8 Å². The van der Waals surface area contributed by atoms with Gasteiger partial charge in [-0.15, -0.1) is 5.10 Å².